The molecule has 1 heterocycles. The lowest BCUT2D eigenvalue weighted by atomic mass is 9.98. The highest BCUT2D eigenvalue weighted by Gasteiger charge is 2.44. The molecule has 0 unspecified atom stereocenters. The largest absolute Gasteiger partial charge is 0.480 e. The lowest BCUT2D eigenvalue weighted by Gasteiger charge is -2.24. The van der Waals surface area contributed by atoms with E-state index in [1.165, 1.54) is 4.90 Å². The molecule has 0 aromatic heterocycles. The van der Waals surface area contributed by atoms with Gasteiger partial charge in [0.1, 0.15) is 6.61 Å². The maximum absolute atomic E-state index is 12.7. The van der Waals surface area contributed by atoms with Crippen LogP contribution in [0.5, 0.6) is 0 Å². The van der Waals surface area contributed by atoms with E-state index in [4.69, 9.17) is 9.47 Å². The molecule has 1 saturated heterocycles. The fraction of sp³-hybridized carbons (Fsp3) is 0.304. The Morgan fingerprint density at radius 1 is 1.10 bits per heavy atom. The maximum atomic E-state index is 12.7. The molecule has 0 spiro atoms. The van der Waals surface area contributed by atoms with Crippen molar-refractivity contribution < 1.29 is 24.2 Å². The van der Waals surface area contributed by atoms with E-state index in [2.05, 4.69) is 18.7 Å². The Balaban J connectivity index is 1.49. The van der Waals surface area contributed by atoms with Crippen molar-refractivity contribution in [2.24, 2.45) is 0 Å². The number of nitrogens with zero attached hydrogens (tertiary/aromatic N) is 1. The molecule has 0 saturated carbocycles. The highest BCUT2D eigenvalue weighted by Crippen LogP contribution is 2.44. The lowest BCUT2D eigenvalue weighted by molar-refractivity contribution is -0.145. The number of benzene rings is 2. The van der Waals surface area contributed by atoms with Gasteiger partial charge in [0, 0.05) is 12.5 Å². The van der Waals surface area contributed by atoms with Crippen LogP contribution >= 0.6 is 0 Å². The number of hydrogen-bond acceptors (Lipinski definition) is 4. The van der Waals surface area contributed by atoms with Crippen LogP contribution in [0.25, 0.3) is 11.1 Å². The fourth-order valence-corrected chi connectivity index (χ4v) is 4.30. The first-order valence-electron chi connectivity index (χ1n) is 9.68. The number of likely N-dealkylation sites (tertiary alicyclic amines) is 1. The monoisotopic (exact) mass is 393 g/mol. The van der Waals surface area contributed by atoms with E-state index in [-0.39, 0.29) is 25.7 Å². The number of hydrogen-bond donors (Lipinski definition) is 1. The molecule has 29 heavy (non-hydrogen) atoms. The summed E-state index contributed by atoms with van der Waals surface area (Å²) in [6.07, 6.45) is 0.833. The number of carbonyl (C=O) groups is 2. The Bertz CT molecular complexity index is 895. The summed E-state index contributed by atoms with van der Waals surface area (Å²) < 4.78 is 11.1. The van der Waals surface area contributed by atoms with Crippen LogP contribution in [-0.2, 0) is 14.3 Å². The number of amides is 1. The van der Waals surface area contributed by atoms with E-state index in [1.807, 2.05) is 36.4 Å². The summed E-state index contributed by atoms with van der Waals surface area (Å²) in [7, 11) is 0. The second-order valence-corrected chi connectivity index (χ2v) is 7.23. The van der Waals surface area contributed by atoms with Crippen LogP contribution in [0.3, 0.4) is 0 Å². The minimum Gasteiger partial charge on any atom is -0.480 e. The second-order valence-electron chi connectivity index (χ2n) is 7.23. The number of carbonyl (C=O) groups excluding carboxylic acids is 1. The normalized spacial score (nSPS) is 20.2. The Labute approximate surface area is 169 Å². The lowest BCUT2D eigenvalue weighted by Crippen LogP contribution is -2.46. The first kappa shape index (κ1) is 19.2. The van der Waals surface area contributed by atoms with Gasteiger partial charge in [-0.2, -0.15) is 0 Å². The van der Waals surface area contributed by atoms with Gasteiger partial charge in [0.15, 0.2) is 6.04 Å². The summed E-state index contributed by atoms with van der Waals surface area (Å²) in [4.78, 5) is 25.7. The van der Waals surface area contributed by atoms with Gasteiger partial charge in [0.25, 0.3) is 0 Å². The maximum Gasteiger partial charge on any atom is 0.410 e. The summed E-state index contributed by atoms with van der Waals surface area (Å²) in [6, 6.07) is 15.1. The Hall–Kier alpha value is -3.12. The summed E-state index contributed by atoms with van der Waals surface area (Å²) in [5.74, 6) is -1.16. The third-order valence-electron chi connectivity index (χ3n) is 5.59. The van der Waals surface area contributed by atoms with Gasteiger partial charge in [-0.05, 0) is 28.7 Å². The molecule has 2 aromatic rings. The third-order valence-corrected chi connectivity index (χ3v) is 5.59. The molecule has 4 rings (SSSR count). The van der Waals surface area contributed by atoms with E-state index in [9.17, 15) is 14.7 Å². The van der Waals surface area contributed by atoms with Crippen molar-refractivity contribution in [3.05, 3.63) is 72.3 Å². The van der Waals surface area contributed by atoms with Crippen molar-refractivity contribution in [1.82, 2.24) is 4.90 Å². The van der Waals surface area contributed by atoms with E-state index in [0.29, 0.717) is 6.42 Å². The Morgan fingerprint density at radius 2 is 1.72 bits per heavy atom. The van der Waals surface area contributed by atoms with Gasteiger partial charge in [0.05, 0.1) is 12.7 Å². The standard InChI is InChI=1S/C23H23NO5/c1-2-13-28-20-11-12-24(21(20)22(25)26)23(27)29-14-19-17-9-5-3-7-15(17)16-8-4-6-10-18(16)19/h2-10,19-21H,1,11-14H2,(H,25,26)/t20-,21-/m0/s1. The van der Waals surface area contributed by atoms with Crippen molar-refractivity contribution in [3.63, 3.8) is 0 Å². The molecule has 150 valence electrons. The molecule has 1 amide bonds. The van der Waals surface area contributed by atoms with Crippen molar-refractivity contribution in [2.45, 2.75) is 24.5 Å². The number of ether oxygens (including phenoxy) is 2. The summed E-state index contributed by atoms with van der Waals surface area (Å²) >= 11 is 0. The zero-order chi connectivity index (χ0) is 20.4. The highest BCUT2D eigenvalue weighted by molar-refractivity contribution is 5.82. The van der Waals surface area contributed by atoms with Crippen LogP contribution < -0.4 is 0 Å². The van der Waals surface area contributed by atoms with Crippen LogP contribution in [-0.4, -0.2) is 54.0 Å². The molecule has 2 aliphatic rings. The van der Waals surface area contributed by atoms with E-state index in [1.54, 1.807) is 6.08 Å². The SMILES string of the molecule is C=CCO[C@H]1CCN(C(=O)OCC2c3ccccc3-c3ccccc32)[C@@H]1C(=O)O. The highest BCUT2D eigenvalue weighted by atomic mass is 16.6. The first-order valence-corrected chi connectivity index (χ1v) is 9.68. The number of rotatable bonds is 6. The van der Waals surface area contributed by atoms with Crippen LogP contribution in [0.4, 0.5) is 4.79 Å². The van der Waals surface area contributed by atoms with E-state index >= 15 is 0 Å². The predicted molar refractivity (Wildman–Crippen MR) is 108 cm³/mol. The van der Waals surface area contributed by atoms with Crippen molar-refractivity contribution >= 4 is 12.1 Å². The number of fused-ring (bicyclic) bond motifs is 3. The molecule has 1 aliphatic heterocycles. The molecule has 6 heteroatoms. The van der Waals surface area contributed by atoms with Crippen LogP contribution in [0.15, 0.2) is 61.2 Å². The van der Waals surface area contributed by atoms with Crippen molar-refractivity contribution in [1.29, 1.82) is 0 Å². The molecule has 2 aromatic carbocycles. The van der Waals surface area contributed by atoms with Gasteiger partial charge in [-0.3, -0.25) is 4.90 Å². The zero-order valence-electron chi connectivity index (χ0n) is 16.0. The number of carboxylic acids is 1. The quantitative estimate of drug-likeness (QED) is 0.758. The minimum absolute atomic E-state index is 0.0648. The van der Waals surface area contributed by atoms with Crippen LogP contribution in [0, 0.1) is 0 Å². The average Bonchev–Trinajstić information content (AvgIpc) is 3.30. The molecular weight excluding hydrogens is 370 g/mol. The van der Waals surface area contributed by atoms with Gasteiger partial charge in [-0.25, -0.2) is 9.59 Å². The first-order chi connectivity index (χ1) is 14.1. The smallest absolute Gasteiger partial charge is 0.410 e. The number of carboxylic acid groups (broad SMARTS) is 1. The summed E-state index contributed by atoms with van der Waals surface area (Å²) in [5, 5.41) is 9.59. The zero-order valence-corrected chi connectivity index (χ0v) is 16.0. The van der Waals surface area contributed by atoms with Gasteiger partial charge < -0.3 is 14.6 Å². The molecule has 0 radical (unpaired) electrons. The summed E-state index contributed by atoms with van der Waals surface area (Å²) in [5.41, 5.74) is 4.52. The fourth-order valence-electron chi connectivity index (χ4n) is 4.30. The van der Waals surface area contributed by atoms with Crippen molar-refractivity contribution in [2.75, 3.05) is 19.8 Å². The van der Waals surface area contributed by atoms with Gasteiger partial charge in [-0.15, -0.1) is 6.58 Å². The molecule has 0 bridgehead atoms. The Morgan fingerprint density at radius 3 is 2.31 bits per heavy atom. The van der Waals surface area contributed by atoms with Crippen molar-refractivity contribution in [3.8, 4) is 11.1 Å². The minimum atomic E-state index is -1.09. The second kappa shape index (κ2) is 8.09. The van der Waals surface area contributed by atoms with Crippen LogP contribution in [0.2, 0.25) is 0 Å². The number of aliphatic carboxylic acids is 1. The van der Waals surface area contributed by atoms with Gasteiger partial charge >= 0.3 is 12.1 Å². The predicted octanol–water partition coefficient (Wildman–Crippen LogP) is 3.67. The molecule has 1 aliphatic carbocycles. The topological polar surface area (TPSA) is 76.1 Å². The van der Waals surface area contributed by atoms with E-state index in [0.717, 1.165) is 22.3 Å². The molecule has 2 atom stereocenters. The molecule has 6 nitrogen and oxygen atoms in total. The molecule has 1 fully saturated rings. The molecule has 1 N–H and O–H groups in total. The summed E-state index contributed by atoms with van der Waals surface area (Å²) in [6.45, 7) is 4.27. The Kier molecular flexibility index (Phi) is 5.36. The van der Waals surface area contributed by atoms with Gasteiger partial charge in [-0.1, -0.05) is 54.6 Å². The third kappa shape index (κ3) is 3.51. The van der Waals surface area contributed by atoms with Crippen LogP contribution in [0.1, 0.15) is 23.5 Å². The van der Waals surface area contributed by atoms with Gasteiger partial charge in [0.2, 0.25) is 0 Å². The van der Waals surface area contributed by atoms with E-state index < -0.39 is 24.2 Å². The molecular formula is C23H23NO5. The average molecular weight is 393 g/mol.